The Hall–Kier alpha value is -1.28. The lowest BCUT2D eigenvalue weighted by Crippen LogP contribution is -2.28. The maximum Gasteiger partial charge on any atom is 0.331 e. The van der Waals surface area contributed by atoms with Crippen molar-refractivity contribution in [3.8, 4) is 0 Å². The Labute approximate surface area is 101 Å². The maximum absolute atomic E-state index is 11.4. The minimum Gasteiger partial charge on any atom is -0.455 e. The topological polar surface area (TPSA) is 26.3 Å². The van der Waals surface area contributed by atoms with Gasteiger partial charge in [0.15, 0.2) is 0 Å². The molecule has 0 N–H and O–H groups in total. The van der Waals surface area contributed by atoms with Gasteiger partial charge in [-0.15, -0.1) is 11.6 Å². The molecule has 0 saturated carbocycles. The quantitative estimate of drug-likeness (QED) is 0.457. The van der Waals surface area contributed by atoms with E-state index in [0.717, 1.165) is 5.56 Å². The molecular weight excluding hydrogens is 224 g/mol. The summed E-state index contributed by atoms with van der Waals surface area (Å²) >= 11 is 5.65. The van der Waals surface area contributed by atoms with Crippen LogP contribution in [0.25, 0.3) is 6.08 Å². The Bertz CT molecular complexity index is 369. The number of hydrogen-bond donors (Lipinski definition) is 0. The first-order chi connectivity index (χ1) is 7.53. The van der Waals surface area contributed by atoms with Crippen molar-refractivity contribution in [2.75, 3.05) is 5.88 Å². The highest BCUT2D eigenvalue weighted by Crippen LogP contribution is 2.12. The molecular formula is C13H15ClO2. The highest BCUT2D eigenvalue weighted by atomic mass is 35.5. The van der Waals surface area contributed by atoms with Crippen LogP contribution in [0.5, 0.6) is 0 Å². The number of ether oxygens (including phenoxy) is 1. The second-order valence-corrected chi connectivity index (χ2v) is 4.33. The van der Waals surface area contributed by atoms with Crippen LogP contribution in [-0.2, 0) is 9.53 Å². The highest BCUT2D eigenvalue weighted by Gasteiger charge is 2.19. The Balaban J connectivity index is 2.56. The molecule has 1 rings (SSSR count). The second-order valence-electron chi connectivity index (χ2n) is 4.06. The predicted molar refractivity (Wildman–Crippen MR) is 66.4 cm³/mol. The standard InChI is InChI=1S/C13H15ClO2/c1-13(2,10-14)16-12(15)9-8-11-6-4-3-5-7-11/h3-9H,10H2,1-2H3. The maximum atomic E-state index is 11.4. The minimum absolute atomic E-state index is 0.276. The molecule has 0 unspecified atom stereocenters. The Morgan fingerprint density at radius 1 is 1.38 bits per heavy atom. The molecule has 0 saturated heterocycles. The van der Waals surface area contributed by atoms with Gasteiger partial charge >= 0.3 is 5.97 Å². The van der Waals surface area contributed by atoms with Crippen LogP contribution in [-0.4, -0.2) is 17.5 Å². The Morgan fingerprint density at radius 2 is 2.00 bits per heavy atom. The smallest absolute Gasteiger partial charge is 0.331 e. The monoisotopic (exact) mass is 238 g/mol. The number of rotatable bonds is 4. The fourth-order valence-electron chi connectivity index (χ4n) is 1.06. The SMILES string of the molecule is CC(C)(CCl)OC(=O)C=Cc1ccccc1. The van der Waals surface area contributed by atoms with E-state index >= 15 is 0 Å². The summed E-state index contributed by atoms with van der Waals surface area (Å²) in [7, 11) is 0. The molecule has 1 aromatic rings. The molecule has 0 atom stereocenters. The fourth-order valence-corrected chi connectivity index (χ4v) is 1.12. The van der Waals surface area contributed by atoms with Crippen molar-refractivity contribution in [1.82, 2.24) is 0 Å². The summed E-state index contributed by atoms with van der Waals surface area (Å²) in [6, 6.07) is 9.57. The van der Waals surface area contributed by atoms with Crippen molar-refractivity contribution in [1.29, 1.82) is 0 Å². The third kappa shape index (κ3) is 4.49. The summed E-state index contributed by atoms with van der Waals surface area (Å²) < 4.78 is 5.15. The summed E-state index contributed by atoms with van der Waals surface area (Å²) in [6.45, 7) is 3.54. The highest BCUT2D eigenvalue weighted by molar-refractivity contribution is 6.18. The van der Waals surface area contributed by atoms with Crippen molar-refractivity contribution >= 4 is 23.6 Å². The van der Waals surface area contributed by atoms with E-state index in [4.69, 9.17) is 16.3 Å². The molecule has 0 aliphatic heterocycles. The molecule has 2 nitrogen and oxygen atoms in total. The predicted octanol–water partition coefficient (Wildman–Crippen LogP) is 3.26. The zero-order valence-corrected chi connectivity index (χ0v) is 10.2. The van der Waals surface area contributed by atoms with Crippen LogP contribution in [0.15, 0.2) is 36.4 Å². The number of halogens is 1. The molecule has 0 heterocycles. The van der Waals surface area contributed by atoms with Gasteiger partial charge in [0.25, 0.3) is 0 Å². The van der Waals surface area contributed by atoms with E-state index in [2.05, 4.69) is 0 Å². The van der Waals surface area contributed by atoms with Gasteiger partial charge in [0.05, 0.1) is 5.88 Å². The number of carbonyl (C=O) groups excluding carboxylic acids is 1. The fraction of sp³-hybridized carbons (Fsp3) is 0.308. The zero-order chi connectivity index (χ0) is 12.0. The van der Waals surface area contributed by atoms with Crippen molar-refractivity contribution in [2.45, 2.75) is 19.4 Å². The van der Waals surface area contributed by atoms with E-state index in [1.165, 1.54) is 6.08 Å². The summed E-state index contributed by atoms with van der Waals surface area (Å²) in [6.07, 6.45) is 3.12. The van der Waals surface area contributed by atoms with Crippen molar-refractivity contribution in [3.63, 3.8) is 0 Å². The van der Waals surface area contributed by atoms with Gasteiger partial charge in [-0.3, -0.25) is 0 Å². The first kappa shape index (κ1) is 12.8. The van der Waals surface area contributed by atoms with Gasteiger partial charge in [0.2, 0.25) is 0 Å². The van der Waals surface area contributed by atoms with Gasteiger partial charge in [-0.05, 0) is 25.5 Å². The van der Waals surface area contributed by atoms with E-state index in [0.29, 0.717) is 0 Å². The van der Waals surface area contributed by atoms with Crippen LogP contribution in [0.2, 0.25) is 0 Å². The Morgan fingerprint density at radius 3 is 2.56 bits per heavy atom. The van der Waals surface area contributed by atoms with Crippen molar-refractivity contribution in [3.05, 3.63) is 42.0 Å². The molecule has 3 heteroatoms. The lowest BCUT2D eigenvalue weighted by Gasteiger charge is -2.20. The zero-order valence-electron chi connectivity index (χ0n) is 9.44. The molecule has 0 aromatic heterocycles. The Kier molecular flexibility index (Phi) is 4.56. The van der Waals surface area contributed by atoms with Crippen LogP contribution in [0, 0.1) is 0 Å². The number of carbonyl (C=O) groups is 1. The first-order valence-corrected chi connectivity index (χ1v) is 5.59. The van der Waals surface area contributed by atoms with E-state index in [9.17, 15) is 4.79 Å². The average molecular weight is 239 g/mol. The lowest BCUT2D eigenvalue weighted by molar-refractivity contribution is -0.148. The number of esters is 1. The second kappa shape index (κ2) is 5.71. The number of hydrogen-bond acceptors (Lipinski definition) is 2. The van der Waals surface area contributed by atoms with E-state index in [1.807, 2.05) is 30.3 Å². The van der Waals surface area contributed by atoms with Gasteiger partial charge < -0.3 is 4.74 Å². The average Bonchev–Trinajstić information content (AvgIpc) is 2.27. The van der Waals surface area contributed by atoms with Crippen LogP contribution in [0.3, 0.4) is 0 Å². The third-order valence-corrected chi connectivity index (χ3v) is 2.55. The molecule has 0 spiro atoms. The molecule has 0 amide bonds. The third-order valence-electron chi connectivity index (χ3n) is 1.91. The van der Waals surface area contributed by atoms with Gasteiger partial charge in [-0.1, -0.05) is 30.3 Å². The number of benzene rings is 1. The van der Waals surface area contributed by atoms with E-state index in [-0.39, 0.29) is 11.8 Å². The molecule has 0 bridgehead atoms. The van der Waals surface area contributed by atoms with Gasteiger partial charge in [0.1, 0.15) is 5.60 Å². The van der Waals surface area contributed by atoms with Crippen LogP contribution in [0.1, 0.15) is 19.4 Å². The van der Waals surface area contributed by atoms with Crippen molar-refractivity contribution < 1.29 is 9.53 Å². The van der Waals surface area contributed by atoms with Crippen molar-refractivity contribution in [2.24, 2.45) is 0 Å². The normalized spacial score (nSPS) is 11.7. The van der Waals surface area contributed by atoms with Gasteiger partial charge in [0, 0.05) is 6.08 Å². The minimum atomic E-state index is -0.625. The molecule has 86 valence electrons. The lowest BCUT2D eigenvalue weighted by atomic mass is 10.2. The van der Waals surface area contributed by atoms with Gasteiger partial charge in [-0.2, -0.15) is 0 Å². The summed E-state index contributed by atoms with van der Waals surface area (Å²) in [5.41, 5.74) is 0.336. The summed E-state index contributed by atoms with van der Waals surface area (Å²) in [4.78, 5) is 11.4. The largest absolute Gasteiger partial charge is 0.455 e. The molecule has 16 heavy (non-hydrogen) atoms. The molecule has 0 aliphatic rings. The summed E-state index contributed by atoms with van der Waals surface area (Å²) in [5, 5.41) is 0. The van der Waals surface area contributed by atoms with Crippen LogP contribution in [0.4, 0.5) is 0 Å². The van der Waals surface area contributed by atoms with Gasteiger partial charge in [-0.25, -0.2) is 4.79 Å². The van der Waals surface area contributed by atoms with Crippen LogP contribution < -0.4 is 0 Å². The number of alkyl halides is 1. The molecule has 1 aromatic carbocycles. The molecule has 0 radical (unpaired) electrons. The first-order valence-electron chi connectivity index (χ1n) is 5.05. The van der Waals surface area contributed by atoms with Crippen LogP contribution >= 0.6 is 11.6 Å². The molecule has 0 fully saturated rings. The van der Waals surface area contributed by atoms with E-state index < -0.39 is 5.60 Å². The van der Waals surface area contributed by atoms with E-state index in [1.54, 1.807) is 19.9 Å². The summed E-state index contributed by atoms with van der Waals surface area (Å²) in [5.74, 6) is -0.104. The molecule has 0 aliphatic carbocycles.